The second-order valence-corrected chi connectivity index (χ2v) is 10.5. The first-order valence-corrected chi connectivity index (χ1v) is 16.5. The molecule has 5 rings (SSSR count). The van der Waals surface area contributed by atoms with Gasteiger partial charge >= 0.3 is 7.12 Å². The van der Waals surface area contributed by atoms with Gasteiger partial charge in [0.15, 0.2) is 0 Å². The first-order chi connectivity index (χ1) is 21.5. The molecule has 4 aromatic carbocycles. The fraction of sp³-hybridized carbons (Fsp3) is 0.317. The number of rotatable bonds is 8. The van der Waals surface area contributed by atoms with E-state index in [1.54, 1.807) is 7.11 Å². The molecule has 0 saturated carbocycles. The Morgan fingerprint density at radius 1 is 0.614 bits per heavy atom. The summed E-state index contributed by atoms with van der Waals surface area (Å²) < 4.78 is 11.8. The standard InChI is InChI=1S/C34H33BO2.C3H8.2C2H6/c1-25(2)37-35(36-3)34-23-32(27-13-8-5-9-14-27)22-33(24-34)31-16-10-15-30(21-31)29-19-17-28(18-20-29)26-11-6-4-7-12-26;1-3-2;2*1-2/h5-6,8-25H,4,7H2,1-3H3;3H2,1-2H3;2*1-2H3. The molecule has 0 atom stereocenters. The molecule has 3 heteroatoms. The summed E-state index contributed by atoms with van der Waals surface area (Å²) in [6.07, 6.45) is 10.4. The molecule has 0 amide bonds. The van der Waals surface area contributed by atoms with E-state index in [0.29, 0.717) is 0 Å². The summed E-state index contributed by atoms with van der Waals surface area (Å²) in [5.74, 6) is 0. The van der Waals surface area contributed by atoms with Crippen molar-refractivity contribution in [1.29, 1.82) is 0 Å². The zero-order valence-electron chi connectivity index (χ0n) is 28.6. The van der Waals surface area contributed by atoms with Gasteiger partial charge in [-0.05, 0) is 88.8 Å². The summed E-state index contributed by atoms with van der Waals surface area (Å²) in [5, 5.41) is 0. The average Bonchev–Trinajstić information content (AvgIpc) is 3.10. The van der Waals surface area contributed by atoms with Gasteiger partial charge in [-0.1, -0.05) is 151 Å². The van der Waals surface area contributed by atoms with Crippen LogP contribution in [0, 0.1) is 0 Å². The molecule has 232 valence electrons. The van der Waals surface area contributed by atoms with Crippen molar-refractivity contribution in [2.45, 2.75) is 80.8 Å². The Bertz CT molecular complexity index is 1420. The van der Waals surface area contributed by atoms with Crippen LogP contribution < -0.4 is 5.46 Å². The summed E-state index contributed by atoms with van der Waals surface area (Å²) in [7, 11) is 1.27. The Morgan fingerprint density at radius 3 is 1.66 bits per heavy atom. The minimum atomic E-state index is -0.429. The second-order valence-electron chi connectivity index (χ2n) is 10.5. The van der Waals surface area contributed by atoms with Gasteiger partial charge in [0.05, 0.1) is 0 Å². The Kier molecular flexibility index (Phi) is 16.9. The highest BCUT2D eigenvalue weighted by atomic mass is 16.6. The lowest BCUT2D eigenvalue weighted by Gasteiger charge is -2.18. The summed E-state index contributed by atoms with van der Waals surface area (Å²) in [6.45, 7) is 16.3. The van der Waals surface area contributed by atoms with Crippen molar-refractivity contribution in [2.24, 2.45) is 0 Å². The highest BCUT2D eigenvalue weighted by Crippen LogP contribution is 2.31. The minimum Gasteiger partial charge on any atom is -0.410 e. The quantitative estimate of drug-likeness (QED) is 0.191. The molecule has 44 heavy (non-hydrogen) atoms. The molecule has 1 aliphatic carbocycles. The highest BCUT2D eigenvalue weighted by molar-refractivity contribution is 6.61. The van der Waals surface area contributed by atoms with E-state index in [4.69, 9.17) is 9.31 Å². The van der Waals surface area contributed by atoms with Gasteiger partial charge in [-0.25, -0.2) is 0 Å². The van der Waals surface area contributed by atoms with Gasteiger partial charge in [-0.15, -0.1) is 0 Å². The largest absolute Gasteiger partial charge is 0.493 e. The molecular formula is C41H53BO2. The molecule has 1 aliphatic rings. The van der Waals surface area contributed by atoms with Crippen molar-refractivity contribution in [3.63, 3.8) is 0 Å². The fourth-order valence-corrected chi connectivity index (χ4v) is 4.83. The Hall–Kier alpha value is -3.66. The normalized spacial score (nSPS) is 11.6. The average molecular weight is 589 g/mol. The van der Waals surface area contributed by atoms with E-state index in [1.807, 2.05) is 47.6 Å². The second kappa shape index (κ2) is 20.3. The van der Waals surface area contributed by atoms with Gasteiger partial charge in [0.1, 0.15) is 0 Å². The van der Waals surface area contributed by atoms with Crippen molar-refractivity contribution in [3.05, 3.63) is 121 Å². The predicted octanol–water partition coefficient (Wildman–Crippen LogP) is 11.7. The number of hydrogen-bond acceptors (Lipinski definition) is 2. The Labute approximate surface area is 269 Å². The predicted molar refractivity (Wildman–Crippen MR) is 196 cm³/mol. The van der Waals surface area contributed by atoms with Crippen LogP contribution in [-0.4, -0.2) is 20.3 Å². The molecule has 0 spiro atoms. The summed E-state index contributed by atoms with van der Waals surface area (Å²) in [5.41, 5.74) is 10.6. The van der Waals surface area contributed by atoms with Crippen molar-refractivity contribution in [1.82, 2.24) is 0 Å². The van der Waals surface area contributed by atoms with E-state index in [0.717, 1.165) is 35.0 Å². The van der Waals surface area contributed by atoms with Crippen molar-refractivity contribution >= 4 is 18.2 Å². The lowest BCUT2D eigenvalue weighted by molar-refractivity contribution is 0.188. The third-order valence-corrected chi connectivity index (χ3v) is 6.69. The van der Waals surface area contributed by atoms with Gasteiger partial charge in [0, 0.05) is 13.2 Å². The Morgan fingerprint density at radius 2 is 1.11 bits per heavy atom. The molecule has 4 aromatic rings. The molecular weight excluding hydrogens is 535 g/mol. The van der Waals surface area contributed by atoms with Crippen LogP contribution in [0.1, 0.15) is 80.2 Å². The lowest BCUT2D eigenvalue weighted by Crippen LogP contribution is -2.38. The van der Waals surface area contributed by atoms with Gasteiger partial charge in [-0.3, -0.25) is 0 Å². The first-order valence-electron chi connectivity index (χ1n) is 16.5. The van der Waals surface area contributed by atoms with E-state index in [-0.39, 0.29) is 6.10 Å². The molecule has 0 saturated heterocycles. The third kappa shape index (κ3) is 10.8. The summed E-state index contributed by atoms with van der Waals surface area (Å²) >= 11 is 0. The molecule has 2 nitrogen and oxygen atoms in total. The molecule has 0 heterocycles. The monoisotopic (exact) mass is 588 g/mol. The fourth-order valence-electron chi connectivity index (χ4n) is 4.83. The van der Waals surface area contributed by atoms with Gasteiger partial charge in [-0.2, -0.15) is 0 Å². The van der Waals surface area contributed by atoms with E-state index in [1.165, 1.54) is 34.2 Å². The molecule has 0 N–H and O–H groups in total. The van der Waals surface area contributed by atoms with Gasteiger partial charge in [0.25, 0.3) is 0 Å². The van der Waals surface area contributed by atoms with Crippen LogP contribution in [-0.2, 0) is 9.31 Å². The van der Waals surface area contributed by atoms with Crippen LogP contribution in [0.4, 0.5) is 0 Å². The molecule has 0 unspecified atom stereocenters. The van der Waals surface area contributed by atoms with Crippen LogP contribution in [0.3, 0.4) is 0 Å². The van der Waals surface area contributed by atoms with Crippen LogP contribution in [0.2, 0.25) is 0 Å². The van der Waals surface area contributed by atoms with Gasteiger partial charge < -0.3 is 9.31 Å². The van der Waals surface area contributed by atoms with E-state index >= 15 is 0 Å². The first kappa shape index (κ1) is 36.5. The number of hydrogen-bond donors (Lipinski definition) is 0. The number of benzene rings is 4. The molecule has 0 bridgehead atoms. The molecule has 0 aliphatic heterocycles. The maximum atomic E-state index is 6.09. The SMILES string of the molecule is CC.CC.CCC.COB(OC(C)C)c1cc(-c2ccccc2)cc(-c2cccc(-c3ccc(C4=CCCC=C4)cc3)c2)c1. The van der Waals surface area contributed by atoms with Crippen molar-refractivity contribution in [3.8, 4) is 33.4 Å². The lowest BCUT2D eigenvalue weighted by atomic mass is 9.76. The zero-order valence-corrected chi connectivity index (χ0v) is 28.6. The maximum absolute atomic E-state index is 6.09. The van der Waals surface area contributed by atoms with Crippen molar-refractivity contribution < 1.29 is 9.31 Å². The summed E-state index contributed by atoms with van der Waals surface area (Å²) in [6, 6.07) is 34.8. The number of allylic oxidation sites excluding steroid dienone is 4. The van der Waals surface area contributed by atoms with Crippen LogP contribution >= 0.6 is 0 Å². The van der Waals surface area contributed by atoms with Crippen LogP contribution in [0.25, 0.3) is 39.0 Å². The van der Waals surface area contributed by atoms with Crippen LogP contribution in [0.5, 0.6) is 0 Å². The smallest absolute Gasteiger partial charge is 0.410 e. The maximum Gasteiger partial charge on any atom is 0.493 e. The molecule has 0 radical (unpaired) electrons. The van der Waals surface area contributed by atoms with E-state index in [9.17, 15) is 0 Å². The van der Waals surface area contributed by atoms with Gasteiger partial charge in [0.2, 0.25) is 0 Å². The van der Waals surface area contributed by atoms with Crippen LogP contribution in [0.15, 0.2) is 115 Å². The van der Waals surface area contributed by atoms with E-state index < -0.39 is 7.12 Å². The van der Waals surface area contributed by atoms with Crippen molar-refractivity contribution in [2.75, 3.05) is 7.11 Å². The molecule has 0 aromatic heterocycles. The Balaban J connectivity index is 0.000000893. The minimum absolute atomic E-state index is 0.0555. The third-order valence-electron chi connectivity index (χ3n) is 6.69. The zero-order chi connectivity index (χ0) is 32.3. The van der Waals surface area contributed by atoms with E-state index in [2.05, 4.69) is 123 Å². The summed E-state index contributed by atoms with van der Waals surface area (Å²) in [4.78, 5) is 0. The topological polar surface area (TPSA) is 18.5 Å². The highest BCUT2D eigenvalue weighted by Gasteiger charge is 2.23. The molecule has 0 fully saturated rings.